The molecular weight excluding hydrogens is 473 g/mol. The number of nitrogens with zero attached hydrogens (tertiary/aromatic N) is 1. The molecule has 0 saturated carbocycles. The van der Waals surface area contributed by atoms with Crippen LogP contribution in [0, 0.1) is 5.41 Å². The standard InChI is InChI=1S/C23H27F3N2O5S/c1-22(2,3)21(29)28-13-5-6-19(28)18-14-15(27-34(4,30)31)7-12-20(18)32-16-8-10-17(11-9-16)33-23(24,25)26/h7-12,14,19,27H,5-6,13H2,1-4H3. The number of benzene rings is 2. The van der Waals surface area contributed by atoms with E-state index in [1.165, 1.54) is 18.2 Å². The van der Waals surface area contributed by atoms with E-state index in [0.29, 0.717) is 30.0 Å². The van der Waals surface area contributed by atoms with Crippen molar-refractivity contribution in [2.75, 3.05) is 17.5 Å². The molecule has 0 radical (unpaired) electrons. The van der Waals surface area contributed by atoms with Gasteiger partial charge < -0.3 is 14.4 Å². The maximum atomic E-state index is 13.1. The predicted octanol–water partition coefficient (Wildman–Crippen LogP) is 5.46. The Morgan fingerprint density at radius 1 is 1.06 bits per heavy atom. The minimum Gasteiger partial charge on any atom is -0.457 e. The Bertz CT molecular complexity index is 1140. The highest BCUT2D eigenvalue weighted by Gasteiger charge is 2.37. The molecule has 1 saturated heterocycles. The molecule has 0 bridgehead atoms. The number of likely N-dealkylation sites (tertiary alicyclic amines) is 1. The van der Waals surface area contributed by atoms with Crippen LogP contribution in [0.4, 0.5) is 18.9 Å². The fourth-order valence-electron chi connectivity index (χ4n) is 3.78. The van der Waals surface area contributed by atoms with Crippen LogP contribution in [0.15, 0.2) is 42.5 Å². The van der Waals surface area contributed by atoms with Gasteiger partial charge in [0.25, 0.3) is 0 Å². The maximum absolute atomic E-state index is 13.1. The minimum atomic E-state index is -4.80. The number of alkyl halides is 3. The SMILES string of the molecule is CC(C)(C)C(=O)N1CCCC1c1cc(NS(C)(=O)=O)ccc1Oc1ccc(OC(F)(F)F)cc1. The number of ether oxygens (including phenoxy) is 2. The highest BCUT2D eigenvalue weighted by Crippen LogP contribution is 2.42. The molecule has 1 amide bonds. The Morgan fingerprint density at radius 3 is 2.24 bits per heavy atom. The van der Waals surface area contributed by atoms with Crippen molar-refractivity contribution in [3.05, 3.63) is 48.0 Å². The lowest BCUT2D eigenvalue weighted by atomic mass is 9.93. The molecule has 1 aliphatic rings. The second-order valence-electron chi connectivity index (χ2n) is 9.15. The van der Waals surface area contributed by atoms with Gasteiger partial charge in [0.15, 0.2) is 0 Å². The van der Waals surface area contributed by atoms with Gasteiger partial charge in [-0.05, 0) is 55.3 Å². The largest absolute Gasteiger partial charge is 0.573 e. The summed E-state index contributed by atoms with van der Waals surface area (Å²) in [5, 5.41) is 0. The molecule has 2 aromatic carbocycles. The highest BCUT2D eigenvalue weighted by atomic mass is 32.2. The van der Waals surface area contributed by atoms with Crippen LogP contribution in [0.2, 0.25) is 0 Å². The summed E-state index contributed by atoms with van der Waals surface area (Å²) in [6, 6.07) is 9.29. The van der Waals surface area contributed by atoms with Crippen molar-refractivity contribution in [1.82, 2.24) is 4.90 Å². The van der Waals surface area contributed by atoms with Gasteiger partial charge in [-0.2, -0.15) is 0 Å². The Balaban J connectivity index is 1.96. The van der Waals surface area contributed by atoms with Crippen molar-refractivity contribution in [2.24, 2.45) is 5.41 Å². The molecule has 7 nitrogen and oxygen atoms in total. The maximum Gasteiger partial charge on any atom is 0.573 e. The number of hydrogen-bond donors (Lipinski definition) is 1. The quantitative estimate of drug-likeness (QED) is 0.570. The third kappa shape index (κ3) is 6.78. The summed E-state index contributed by atoms with van der Waals surface area (Å²) in [7, 11) is -3.54. The molecule has 1 unspecified atom stereocenters. The van der Waals surface area contributed by atoms with E-state index in [1.807, 2.05) is 20.8 Å². The number of anilines is 1. The zero-order valence-electron chi connectivity index (χ0n) is 19.3. The van der Waals surface area contributed by atoms with Crippen LogP contribution in [-0.2, 0) is 14.8 Å². The Hall–Kier alpha value is -2.95. The zero-order chi connectivity index (χ0) is 25.3. The van der Waals surface area contributed by atoms with Gasteiger partial charge in [0.1, 0.15) is 17.2 Å². The first-order valence-corrected chi connectivity index (χ1v) is 12.5. The van der Waals surface area contributed by atoms with Crippen molar-refractivity contribution >= 4 is 21.6 Å². The van der Waals surface area contributed by atoms with Crippen LogP contribution < -0.4 is 14.2 Å². The summed E-state index contributed by atoms with van der Waals surface area (Å²) in [4.78, 5) is 14.8. The number of nitrogens with one attached hydrogen (secondary N) is 1. The lowest BCUT2D eigenvalue weighted by Crippen LogP contribution is -2.39. The molecule has 11 heteroatoms. The first-order valence-electron chi connectivity index (χ1n) is 10.6. The van der Waals surface area contributed by atoms with Gasteiger partial charge >= 0.3 is 6.36 Å². The van der Waals surface area contributed by atoms with Gasteiger partial charge in [-0.1, -0.05) is 20.8 Å². The second-order valence-corrected chi connectivity index (χ2v) is 10.9. The third-order valence-corrected chi connectivity index (χ3v) is 5.72. The summed E-state index contributed by atoms with van der Waals surface area (Å²) in [5.41, 5.74) is 0.300. The first kappa shape index (κ1) is 25.7. The van der Waals surface area contributed by atoms with Crippen LogP contribution in [0.25, 0.3) is 0 Å². The molecule has 1 fully saturated rings. The van der Waals surface area contributed by atoms with Crippen LogP contribution in [-0.4, -0.2) is 38.4 Å². The van der Waals surface area contributed by atoms with Gasteiger partial charge in [-0.15, -0.1) is 13.2 Å². The van der Waals surface area contributed by atoms with Gasteiger partial charge in [0.2, 0.25) is 15.9 Å². The van der Waals surface area contributed by atoms with Crippen molar-refractivity contribution in [1.29, 1.82) is 0 Å². The third-order valence-electron chi connectivity index (χ3n) is 5.11. The molecule has 0 aromatic heterocycles. The average Bonchev–Trinajstić information content (AvgIpc) is 3.16. The van der Waals surface area contributed by atoms with Crippen LogP contribution in [0.3, 0.4) is 0 Å². The molecule has 3 rings (SSSR count). The highest BCUT2D eigenvalue weighted by molar-refractivity contribution is 7.92. The molecule has 1 heterocycles. The normalized spacial score (nSPS) is 16.9. The molecule has 1 atom stereocenters. The van der Waals surface area contributed by atoms with Crippen LogP contribution in [0.5, 0.6) is 17.2 Å². The molecule has 186 valence electrons. The molecule has 1 N–H and O–H groups in total. The zero-order valence-corrected chi connectivity index (χ0v) is 20.1. The number of amides is 1. The summed E-state index contributed by atoms with van der Waals surface area (Å²) < 4.78 is 73.0. The summed E-state index contributed by atoms with van der Waals surface area (Å²) in [6.45, 7) is 6.03. The summed E-state index contributed by atoms with van der Waals surface area (Å²) in [6.07, 6.45) is -2.35. The van der Waals surface area contributed by atoms with Crippen molar-refractivity contribution in [2.45, 2.75) is 46.0 Å². The molecule has 1 aliphatic heterocycles. The van der Waals surface area contributed by atoms with Crippen molar-refractivity contribution in [3.8, 4) is 17.2 Å². The monoisotopic (exact) mass is 500 g/mol. The second kappa shape index (κ2) is 9.36. The lowest BCUT2D eigenvalue weighted by Gasteiger charge is -2.32. The van der Waals surface area contributed by atoms with Gasteiger partial charge in [0.05, 0.1) is 12.3 Å². The van der Waals surface area contributed by atoms with E-state index in [1.54, 1.807) is 17.0 Å². The van der Waals surface area contributed by atoms with E-state index in [2.05, 4.69) is 9.46 Å². The van der Waals surface area contributed by atoms with E-state index in [-0.39, 0.29) is 23.4 Å². The minimum absolute atomic E-state index is 0.0453. The van der Waals surface area contributed by atoms with Crippen molar-refractivity contribution in [3.63, 3.8) is 0 Å². The Morgan fingerprint density at radius 2 is 1.68 bits per heavy atom. The molecular formula is C23H27F3N2O5S. The summed E-state index contributed by atoms with van der Waals surface area (Å²) in [5.74, 6) is 0.190. The fourth-order valence-corrected chi connectivity index (χ4v) is 4.33. The molecule has 0 aliphatic carbocycles. The van der Waals surface area contributed by atoms with Crippen LogP contribution >= 0.6 is 0 Å². The van der Waals surface area contributed by atoms with E-state index in [0.717, 1.165) is 24.8 Å². The van der Waals surface area contributed by atoms with Crippen LogP contribution in [0.1, 0.15) is 45.2 Å². The smallest absolute Gasteiger partial charge is 0.457 e. The molecule has 2 aromatic rings. The lowest BCUT2D eigenvalue weighted by molar-refractivity contribution is -0.274. The number of rotatable bonds is 6. The number of carbonyl (C=O) groups is 1. The van der Waals surface area contributed by atoms with E-state index >= 15 is 0 Å². The van der Waals surface area contributed by atoms with E-state index in [9.17, 15) is 26.4 Å². The number of halogens is 3. The van der Waals surface area contributed by atoms with E-state index < -0.39 is 21.8 Å². The first-order chi connectivity index (χ1) is 15.6. The van der Waals surface area contributed by atoms with Gasteiger partial charge in [-0.3, -0.25) is 9.52 Å². The topological polar surface area (TPSA) is 84.9 Å². The number of carbonyl (C=O) groups excluding carboxylic acids is 1. The average molecular weight is 501 g/mol. The van der Waals surface area contributed by atoms with Gasteiger partial charge in [0, 0.05) is 23.2 Å². The Kier molecular flexibility index (Phi) is 7.07. The molecule has 34 heavy (non-hydrogen) atoms. The number of hydrogen-bond acceptors (Lipinski definition) is 5. The fraction of sp³-hybridized carbons (Fsp3) is 0.435. The van der Waals surface area contributed by atoms with Crippen molar-refractivity contribution < 1.29 is 35.9 Å². The van der Waals surface area contributed by atoms with Gasteiger partial charge in [-0.25, -0.2) is 8.42 Å². The Labute approximate surface area is 196 Å². The predicted molar refractivity (Wildman–Crippen MR) is 121 cm³/mol. The van der Waals surface area contributed by atoms with E-state index in [4.69, 9.17) is 4.74 Å². The molecule has 0 spiro atoms. The summed E-state index contributed by atoms with van der Waals surface area (Å²) >= 11 is 0. The number of sulfonamides is 1.